The van der Waals surface area contributed by atoms with Gasteiger partial charge in [0.2, 0.25) is 0 Å². The number of nitrogens with one attached hydrogen (secondary N) is 1. The number of amides is 1. The van der Waals surface area contributed by atoms with Crippen LogP contribution >= 0.6 is 11.6 Å². The lowest BCUT2D eigenvalue weighted by atomic mass is 10.1. The molecule has 1 atom stereocenters. The lowest BCUT2D eigenvalue weighted by molar-refractivity contribution is 0.0940. The van der Waals surface area contributed by atoms with Crippen LogP contribution in [0.25, 0.3) is 0 Å². The largest absolute Gasteiger partial charge is 0.344 e. The molecule has 0 saturated carbocycles. The summed E-state index contributed by atoms with van der Waals surface area (Å²) >= 11 is 5.94. The van der Waals surface area contributed by atoms with Crippen molar-refractivity contribution in [2.75, 3.05) is 12.0 Å². The third-order valence-corrected chi connectivity index (χ3v) is 4.23. The molecule has 22 heavy (non-hydrogen) atoms. The van der Waals surface area contributed by atoms with Crippen molar-refractivity contribution in [2.45, 2.75) is 6.04 Å². The summed E-state index contributed by atoms with van der Waals surface area (Å²) in [7, 11) is -3.27. The van der Waals surface area contributed by atoms with E-state index in [2.05, 4.69) is 10.3 Å². The van der Waals surface area contributed by atoms with Crippen molar-refractivity contribution in [3.05, 3.63) is 64.9 Å². The zero-order valence-electron chi connectivity index (χ0n) is 11.9. The molecule has 2 rings (SSSR count). The topological polar surface area (TPSA) is 76.1 Å². The van der Waals surface area contributed by atoms with E-state index in [1.807, 2.05) is 6.07 Å². The molecular weight excluding hydrogens is 324 g/mol. The number of benzene rings is 1. The van der Waals surface area contributed by atoms with E-state index in [0.717, 1.165) is 6.26 Å². The molecule has 0 unspecified atom stereocenters. The lowest BCUT2D eigenvalue weighted by Gasteiger charge is -2.18. The Balaban J connectivity index is 2.27. The van der Waals surface area contributed by atoms with Gasteiger partial charge in [0.25, 0.3) is 5.91 Å². The molecule has 7 heteroatoms. The molecule has 0 aliphatic heterocycles. The highest BCUT2D eigenvalue weighted by Crippen LogP contribution is 2.18. The van der Waals surface area contributed by atoms with Gasteiger partial charge < -0.3 is 5.32 Å². The zero-order valence-corrected chi connectivity index (χ0v) is 13.4. The first kappa shape index (κ1) is 16.5. The number of hydrogen-bond donors (Lipinski definition) is 1. The number of carbonyl (C=O) groups is 1. The van der Waals surface area contributed by atoms with Crippen molar-refractivity contribution in [3.63, 3.8) is 0 Å². The van der Waals surface area contributed by atoms with E-state index >= 15 is 0 Å². The molecule has 0 aliphatic carbocycles. The molecule has 116 valence electrons. The second kappa shape index (κ2) is 6.89. The summed E-state index contributed by atoms with van der Waals surface area (Å²) in [5.41, 5.74) is 0.970. The number of halogens is 1. The monoisotopic (exact) mass is 338 g/mol. The standard InChI is InChI=1S/C15H15ClN2O3S/c1-22(20,21)10-14(11-5-3-2-4-6-11)18-15(19)12-7-8-17-9-13(12)16/h2-9,14H,10H2,1H3,(H,18,19)/t14-/m1/s1. The predicted molar refractivity (Wildman–Crippen MR) is 85.6 cm³/mol. The number of pyridine rings is 1. The van der Waals surface area contributed by atoms with Crippen LogP contribution in [0, 0.1) is 0 Å². The number of aromatic nitrogens is 1. The van der Waals surface area contributed by atoms with Gasteiger partial charge in [0.1, 0.15) is 9.84 Å². The lowest BCUT2D eigenvalue weighted by Crippen LogP contribution is -2.33. The summed E-state index contributed by atoms with van der Waals surface area (Å²) in [6, 6.07) is 9.77. The van der Waals surface area contributed by atoms with Crippen LogP contribution in [0.5, 0.6) is 0 Å². The van der Waals surface area contributed by atoms with Gasteiger partial charge in [-0.2, -0.15) is 0 Å². The normalized spacial score (nSPS) is 12.6. The van der Waals surface area contributed by atoms with E-state index in [0.29, 0.717) is 5.56 Å². The molecular formula is C15H15ClN2O3S. The van der Waals surface area contributed by atoms with Gasteiger partial charge in [-0.25, -0.2) is 8.42 Å². The first-order valence-electron chi connectivity index (χ1n) is 6.50. The molecule has 1 N–H and O–H groups in total. The van der Waals surface area contributed by atoms with Crippen LogP contribution in [0.3, 0.4) is 0 Å². The molecule has 2 aromatic rings. The smallest absolute Gasteiger partial charge is 0.253 e. The molecule has 0 fully saturated rings. The molecule has 1 amide bonds. The minimum atomic E-state index is -3.27. The SMILES string of the molecule is CS(=O)(=O)C[C@@H](NC(=O)c1ccncc1Cl)c1ccccc1. The second-order valence-corrected chi connectivity index (χ2v) is 7.48. The Kier molecular flexibility index (Phi) is 5.15. The minimum Gasteiger partial charge on any atom is -0.344 e. The third-order valence-electron chi connectivity index (χ3n) is 2.99. The summed E-state index contributed by atoms with van der Waals surface area (Å²) in [4.78, 5) is 16.1. The molecule has 0 spiro atoms. The summed E-state index contributed by atoms with van der Waals surface area (Å²) in [5.74, 6) is -0.629. The van der Waals surface area contributed by atoms with E-state index in [-0.39, 0.29) is 16.3 Å². The fraction of sp³-hybridized carbons (Fsp3) is 0.200. The van der Waals surface area contributed by atoms with Crippen LogP contribution < -0.4 is 5.32 Å². The van der Waals surface area contributed by atoms with Crippen LogP contribution in [-0.2, 0) is 9.84 Å². The van der Waals surface area contributed by atoms with Gasteiger partial charge >= 0.3 is 0 Å². The Bertz CT molecular complexity index is 763. The number of hydrogen-bond acceptors (Lipinski definition) is 4. The van der Waals surface area contributed by atoms with E-state index in [9.17, 15) is 13.2 Å². The van der Waals surface area contributed by atoms with Gasteiger partial charge in [-0.05, 0) is 11.6 Å². The average molecular weight is 339 g/mol. The number of rotatable bonds is 5. The number of nitrogens with zero attached hydrogens (tertiary/aromatic N) is 1. The summed E-state index contributed by atoms with van der Waals surface area (Å²) in [5, 5.41) is 2.93. The Labute approximate surface area is 134 Å². The maximum absolute atomic E-state index is 12.3. The van der Waals surface area contributed by atoms with Crippen molar-refractivity contribution in [1.82, 2.24) is 10.3 Å². The molecule has 1 aromatic heterocycles. The first-order chi connectivity index (χ1) is 10.4. The van der Waals surface area contributed by atoms with Gasteiger partial charge in [0.15, 0.2) is 0 Å². The molecule has 0 aliphatic rings. The van der Waals surface area contributed by atoms with Gasteiger partial charge in [0.05, 0.1) is 22.4 Å². The van der Waals surface area contributed by atoms with E-state index < -0.39 is 21.8 Å². The molecule has 0 saturated heterocycles. The Morgan fingerprint density at radius 2 is 1.95 bits per heavy atom. The van der Waals surface area contributed by atoms with Crippen LogP contribution in [0.1, 0.15) is 22.0 Å². The molecule has 0 radical (unpaired) electrons. The molecule has 1 aromatic carbocycles. The highest BCUT2D eigenvalue weighted by molar-refractivity contribution is 7.90. The van der Waals surface area contributed by atoms with E-state index in [4.69, 9.17) is 11.6 Å². The van der Waals surface area contributed by atoms with Gasteiger partial charge in [-0.1, -0.05) is 41.9 Å². The Morgan fingerprint density at radius 1 is 1.27 bits per heavy atom. The van der Waals surface area contributed by atoms with Crippen LogP contribution in [0.4, 0.5) is 0 Å². The van der Waals surface area contributed by atoms with Gasteiger partial charge in [-0.3, -0.25) is 9.78 Å². The summed E-state index contributed by atoms with van der Waals surface area (Å²) in [6.45, 7) is 0. The molecule has 0 bridgehead atoms. The van der Waals surface area contributed by atoms with E-state index in [1.165, 1.54) is 18.5 Å². The van der Waals surface area contributed by atoms with Crippen LogP contribution in [0.2, 0.25) is 5.02 Å². The third kappa shape index (κ3) is 4.54. The average Bonchev–Trinajstić information content (AvgIpc) is 2.46. The van der Waals surface area contributed by atoms with Crippen molar-refractivity contribution < 1.29 is 13.2 Å². The fourth-order valence-corrected chi connectivity index (χ4v) is 3.09. The Hall–Kier alpha value is -1.92. The van der Waals surface area contributed by atoms with E-state index in [1.54, 1.807) is 24.3 Å². The first-order valence-corrected chi connectivity index (χ1v) is 8.94. The summed E-state index contributed by atoms with van der Waals surface area (Å²) in [6.07, 6.45) is 3.95. The maximum atomic E-state index is 12.3. The highest BCUT2D eigenvalue weighted by Gasteiger charge is 2.21. The zero-order chi connectivity index (χ0) is 16.2. The number of sulfone groups is 1. The van der Waals surface area contributed by atoms with Crippen LogP contribution in [0.15, 0.2) is 48.8 Å². The summed E-state index contributed by atoms with van der Waals surface area (Å²) < 4.78 is 23.2. The fourth-order valence-electron chi connectivity index (χ4n) is 2.00. The van der Waals surface area contributed by atoms with Crippen molar-refractivity contribution in [1.29, 1.82) is 0 Å². The van der Waals surface area contributed by atoms with Gasteiger partial charge in [0, 0.05) is 18.6 Å². The minimum absolute atomic E-state index is 0.189. The predicted octanol–water partition coefficient (Wildman–Crippen LogP) is 2.25. The quantitative estimate of drug-likeness (QED) is 0.907. The maximum Gasteiger partial charge on any atom is 0.253 e. The van der Waals surface area contributed by atoms with Crippen LogP contribution in [-0.4, -0.2) is 31.3 Å². The highest BCUT2D eigenvalue weighted by atomic mass is 35.5. The van der Waals surface area contributed by atoms with Crippen molar-refractivity contribution in [3.8, 4) is 0 Å². The van der Waals surface area contributed by atoms with Crippen molar-refractivity contribution in [2.24, 2.45) is 0 Å². The number of carbonyl (C=O) groups excluding carboxylic acids is 1. The molecule has 5 nitrogen and oxygen atoms in total. The molecule has 1 heterocycles. The Morgan fingerprint density at radius 3 is 2.55 bits per heavy atom. The van der Waals surface area contributed by atoms with Crippen molar-refractivity contribution >= 4 is 27.3 Å². The van der Waals surface area contributed by atoms with Gasteiger partial charge in [-0.15, -0.1) is 0 Å². The second-order valence-electron chi connectivity index (χ2n) is 4.88.